The Hall–Kier alpha value is -3.68. The molecule has 1 saturated heterocycles. The number of hydrogen-bond donors (Lipinski definition) is 1. The standard InChI is InChI=1S/C24H25FN4O3/c25-21-17-19(7-8-22(21)29-13-4-12-26-29)27-24(31)18-9-14-28(15-10-18)23(30)11-16-32-20-5-2-1-3-6-20/h1-8,12-13,17-18H,9-11,14-16H2,(H,27,31). The molecule has 2 aromatic carbocycles. The average molecular weight is 436 g/mol. The lowest BCUT2D eigenvalue weighted by Crippen LogP contribution is -2.41. The van der Waals surface area contributed by atoms with Gasteiger partial charge < -0.3 is 15.0 Å². The Morgan fingerprint density at radius 3 is 2.56 bits per heavy atom. The van der Waals surface area contributed by atoms with Gasteiger partial charge >= 0.3 is 0 Å². The van der Waals surface area contributed by atoms with Crippen molar-refractivity contribution in [1.82, 2.24) is 14.7 Å². The molecule has 1 aromatic heterocycles. The third-order valence-electron chi connectivity index (χ3n) is 5.51. The van der Waals surface area contributed by atoms with Gasteiger partial charge in [0.1, 0.15) is 11.4 Å². The van der Waals surface area contributed by atoms with E-state index in [2.05, 4.69) is 10.4 Å². The smallest absolute Gasteiger partial charge is 0.227 e. The van der Waals surface area contributed by atoms with Crippen LogP contribution < -0.4 is 10.1 Å². The summed E-state index contributed by atoms with van der Waals surface area (Å²) < 4.78 is 21.4. The van der Waals surface area contributed by atoms with Gasteiger partial charge in [-0.05, 0) is 49.2 Å². The molecule has 0 aliphatic carbocycles. The molecule has 2 amide bonds. The molecule has 7 nitrogen and oxygen atoms in total. The van der Waals surface area contributed by atoms with Gasteiger partial charge in [0, 0.05) is 37.1 Å². The Kier molecular flexibility index (Phi) is 6.79. The maximum absolute atomic E-state index is 14.4. The Balaban J connectivity index is 1.23. The molecular formula is C24H25FN4O3. The first-order chi connectivity index (χ1) is 15.6. The fourth-order valence-corrected chi connectivity index (χ4v) is 3.75. The molecule has 0 atom stereocenters. The summed E-state index contributed by atoms with van der Waals surface area (Å²) in [6.45, 7) is 1.37. The van der Waals surface area contributed by atoms with Crippen LogP contribution in [-0.2, 0) is 9.59 Å². The van der Waals surface area contributed by atoms with Crippen molar-refractivity contribution in [2.75, 3.05) is 25.0 Å². The molecule has 0 radical (unpaired) electrons. The van der Waals surface area contributed by atoms with E-state index in [1.807, 2.05) is 30.3 Å². The number of carbonyl (C=O) groups excluding carboxylic acids is 2. The van der Waals surface area contributed by atoms with Crippen LogP contribution >= 0.6 is 0 Å². The van der Waals surface area contributed by atoms with Crippen molar-refractivity contribution in [2.45, 2.75) is 19.3 Å². The summed E-state index contributed by atoms with van der Waals surface area (Å²) in [5.74, 6) is -0.0744. The van der Waals surface area contributed by atoms with Crippen LogP contribution in [0, 0.1) is 11.7 Å². The van der Waals surface area contributed by atoms with Gasteiger partial charge in [-0.2, -0.15) is 5.10 Å². The molecule has 32 heavy (non-hydrogen) atoms. The summed E-state index contributed by atoms with van der Waals surface area (Å²) in [7, 11) is 0. The number of halogens is 1. The van der Waals surface area contributed by atoms with E-state index in [4.69, 9.17) is 4.74 Å². The van der Waals surface area contributed by atoms with Crippen molar-refractivity contribution in [3.05, 3.63) is 72.8 Å². The number of carbonyl (C=O) groups is 2. The van der Waals surface area contributed by atoms with Crippen LogP contribution in [0.4, 0.5) is 10.1 Å². The molecule has 2 heterocycles. The summed E-state index contributed by atoms with van der Waals surface area (Å²) in [5, 5.41) is 6.81. The average Bonchev–Trinajstić information content (AvgIpc) is 3.34. The van der Waals surface area contributed by atoms with Crippen LogP contribution in [0.2, 0.25) is 0 Å². The minimum atomic E-state index is -0.468. The first-order valence-electron chi connectivity index (χ1n) is 10.7. The highest BCUT2D eigenvalue weighted by Gasteiger charge is 2.27. The Morgan fingerprint density at radius 2 is 1.88 bits per heavy atom. The highest BCUT2D eigenvalue weighted by Crippen LogP contribution is 2.22. The zero-order valence-electron chi connectivity index (χ0n) is 17.6. The number of nitrogens with zero attached hydrogens (tertiary/aromatic N) is 3. The number of aromatic nitrogens is 2. The maximum atomic E-state index is 14.4. The number of ether oxygens (including phenoxy) is 1. The molecule has 1 N–H and O–H groups in total. The molecule has 3 aromatic rings. The van der Waals surface area contributed by atoms with Crippen molar-refractivity contribution in [2.24, 2.45) is 5.92 Å². The van der Waals surface area contributed by atoms with E-state index in [-0.39, 0.29) is 17.7 Å². The molecular weight excluding hydrogens is 411 g/mol. The lowest BCUT2D eigenvalue weighted by molar-refractivity contribution is -0.135. The number of piperidine rings is 1. The van der Waals surface area contributed by atoms with Crippen LogP contribution in [0.1, 0.15) is 19.3 Å². The van der Waals surface area contributed by atoms with Gasteiger partial charge in [-0.25, -0.2) is 9.07 Å². The lowest BCUT2D eigenvalue weighted by atomic mass is 9.95. The molecule has 1 aliphatic rings. The van der Waals surface area contributed by atoms with Gasteiger partial charge in [-0.15, -0.1) is 0 Å². The summed E-state index contributed by atoms with van der Waals surface area (Å²) in [5.41, 5.74) is 0.719. The summed E-state index contributed by atoms with van der Waals surface area (Å²) in [6.07, 6.45) is 4.67. The minimum absolute atomic E-state index is 0.0241. The number of anilines is 1. The van der Waals surface area contributed by atoms with E-state index in [0.717, 1.165) is 5.75 Å². The Bertz CT molecular complexity index is 1050. The van der Waals surface area contributed by atoms with Crippen molar-refractivity contribution in [3.8, 4) is 11.4 Å². The quantitative estimate of drug-likeness (QED) is 0.613. The molecule has 1 aliphatic heterocycles. The van der Waals surface area contributed by atoms with E-state index in [9.17, 15) is 14.0 Å². The predicted octanol–water partition coefficient (Wildman–Crippen LogP) is 3.66. The fourth-order valence-electron chi connectivity index (χ4n) is 3.75. The Labute approximate surface area is 185 Å². The van der Waals surface area contributed by atoms with Crippen molar-refractivity contribution in [3.63, 3.8) is 0 Å². The fraction of sp³-hybridized carbons (Fsp3) is 0.292. The highest BCUT2D eigenvalue weighted by molar-refractivity contribution is 5.92. The van der Waals surface area contributed by atoms with Gasteiger partial charge in [0.25, 0.3) is 0 Å². The molecule has 0 saturated carbocycles. The normalized spacial score (nSPS) is 14.2. The number of benzene rings is 2. The van der Waals surface area contributed by atoms with Gasteiger partial charge in [-0.3, -0.25) is 9.59 Å². The summed E-state index contributed by atoms with van der Waals surface area (Å²) in [6, 6.07) is 15.6. The first kappa shape index (κ1) is 21.5. The largest absolute Gasteiger partial charge is 0.493 e. The number of rotatable bonds is 7. The zero-order chi connectivity index (χ0) is 22.3. The Morgan fingerprint density at radius 1 is 1.09 bits per heavy atom. The van der Waals surface area contributed by atoms with Gasteiger partial charge in [0.05, 0.1) is 13.0 Å². The van der Waals surface area contributed by atoms with Crippen LogP contribution in [0.5, 0.6) is 5.75 Å². The van der Waals surface area contributed by atoms with E-state index >= 15 is 0 Å². The third-order valence-corrected chi connectivity index (χ3v) is 5.51. The molecule has 0 unspecified atom stereocenters. The van der Waals surface area contributed by atoms with E-state index in [0.29, 0.717) is 50.3 Å². The van der Waals surface area contributed by atoms with Crippen LogP contribution in [0.3, 0.4) is 0 Å². The van der Waals surface area contributed by atoms with E-state index in [1.54, 1.807) is 35.5 Å². The lowest BCUT2D eigenvalue weighted by Gasteiger charge is -2.31. The van der Waals surface area contributed by atoms with Gasteiger partial charge in [0.2, 0.25) is 11.8 Å². The van der Waals surface area contributed by atoms with Crippen molar-refractivity contribution in [1.29, 1.82) is 0 Å². The molecule has 1 fully saturated rings. The highest BCUT2D eigenvalue weighted by atomic mass is 19.1. The van der Waals surface area contributed by atoms with Crippen molar-refractivity contribution < 1.29 is 18.7 Å². The molecule has 0 bridgehead atoms. The maximum Gasteiger partial charge on any atom is 0.227 e. The molecule has 4 rings (SSSR count). The minimum Gasteiger partial charge on any atom is -0.493 e. The van der Waals surface area contributed by atoms with Gasteiger partial charge in [-0.1, -0.05) is 18.2 Å². The number of hydrogen-bond acceptors (Lipinski definition) is 4. The first-order valence-corrected chi connectivity index (χ1v) is 10.7. The predicted molar refractivity (Wildman–Crippen MR) is 118 cm³/mol. The van der Waals surface area contributed by atoms with Crippen LogP contribution in [0.25, 0.3) is 5.69 Å². The van der Waals surface area contributed by atoms with Gasteiger partial charge in [0.15, 0.2) is 5.82 Å². The second-order valence-electron chi connectivity index (χ2n) is 7.67. The monoisotopic (exact) mass is 436 g/mol. The molecule has 8 heteroatoms. The van der Waals surface area contributed by atoms with E-state index < -0.39 is 5.82 Å². The van der Waals surface area contributed by atoms with Crippen molar-refractivity contribution >= 4 is 17.5 Å². The topological polar surface area (TPSA) is 76.5 Å². The summed E-state index contributed by atoms with van der Waals surface area (Å²) in [4.78, 5) is 26.8. The van der Waals surface area contributed by atoms with Crippen LogP contribution in [-0.4, -0.2) is 46.2 Å². The zero-order valence-corrected chi connectivity index (χ0v) is 17.6. The SMILES string of the molecule is O=C(Nc1ccc(-n2cccn2)c(F)c1)C1CCN(C(=O)CCOc2ccccc2)CC1. The number of para-hydroxylation sites is 1. The summed E-state index contributed by atoms with van der Waals surface area (Å²) >= 11 is 0. The second-order valence-corrected chi connectivity index (χ2v) is 7.67. The number of likely N-dealkylation sites (tertiary alicyclic amines) is 1. The molecule has 166 valence electrons. The second kappa shape index (κ2) is 10.1. The van der Waals surface area contributed by atoms with Crippen LogP contribution in [0.15, 0.2) is 67.0 Å². The third kappa shape index (κ3) is 5.32. The molecule has 0 spiro atoms. The number of amides is 2. The van der Waals surface area contributed by atoms with E-state index in [1.165, 1.54) is 10.7 Å². The number of nitrogens with one attached hydrogen (secondary N) is 1.